The molecule has 6 heteroatoms. The summed E-state index contributed by atoms with van der Waals surface area (Å²) >= 11 is 0. The Balaban J connectivity index is 2.19. The molecule has 0 aliphatic carbocycles. The van der Waals surface area contributed by atoms with Crippen LogP contribution in [0.1, 0.15) is 45.4 Å². The molecule has 0 spiro atoms. The normalized spacial score (nSPS) is 14.6. The number of esters is 2. The Bertz CT molecular complexity index is 419. The van der Waals surface area contributed by atoms with Gasteiger partial charge in [-0.05, 0) is 19.3 Å². The number of rotatable bonds is 9. The van der Waals surface area contributed by atoms with Crippen molar-refractivity contribution in [3.05, 3.63) is 12.2 Å². The molecule has 1 saturated heterocycles. The molecule has 0 radical (unpaired) electrons. The second kappa shape index (κ2) is 9.97. The van der Waals surface area contributed by atoms with Crippen LogP contribution in [-0.4, -0.2) is 49.0 Å². The Hall–Kier alpha value is -1.85. The van der Waals surface area contributed by atoms with Crippen molar-refractivity contribution in [3.63, 3.8) is 0 Å². The number of amides is 1. The van der Waals surface area contributed by atoms with E-state index >= 15 is 0 Å². The quantitative estimate of drug-likeness (QED) is 0.369. The topological polar surface area (TPSA) is 72.9 Å². The lowest BCUT2D eigenvalue weighted by Gasteiger charge is -2.26. The SMILES string of the molecule is C=C(CC(=O)OCCCC)C(=O)OCCN1CCCCC1=O. The van der Waals surface area contributed by atoms with Crippen molar-refractivity contribution in [2.24, 2.45) is 0 Å². The highest BCUT2D eigenvalue weighted by Gasteiger charge is 2.19. The first kappa shape index (κ1) is 18.2. The highest BCUT2D eigenvalue weighted by Crippen LogP contribution is 2.10. The number of ether oxygens (including phenoxy) is 2. The van der Waals surface area contributed by atoms with Gasteiger partial charge in [-0.1, -0.05) is 19.9 Å². The Morgan fingerprint density at radius 1 is 1.23 bits per heavy atom. The summed E-state index contributed by atoms with van der Waals surface area (Å²) in [4.78, 5) is 36.4. The molecule has 22 heavy (non-hydrogen) atoms. The molecule has 0 bridgehead atoms. The fourth-order valence-corrected chi connectivity index (χ4v) is 2.08. The molecule has 124 valence electrons. The third kappa shape index (κ3) is 6.74. The Kier molecular flexibility index (Phi) is 8.25. The second-order valence-corrected chi connectivity index (χ2v) is 5.33. The predicted molar refractivity (Wildman–Crippen MR) is 81.0 cm³/mol. The van der Waals surface area contributed by atoms with Gasteiger partial charge in [0.25, 0.3) is 0 Å². The third-order valence-corrected chi connectivity index (χ3v) is 3.42. The summed E-state index contributed by atoms with van der Waals surface area (Å²) in [6.45, 7) is 7.12. The highest BCUT2D eigenvalue weighted by molar-refractivity contribution is 5.93. The van der Waals surface area contributed by atoms with Gasteiger partial charge in [0.05, 0.1) is 19.6 Å². The number of hydrogen-bond donors (Lipinski definition) is 0. The van der Waals surface area contributed by atoms with Crippen molar-refractivity contribution in [2.75, 3.05) is 26.3 Å². The summed E-state index contributed by atoms with van der Waals surface area (Å²) in [6, 6.07) is 0. The standard InChI is InChI=1S/C16H25NO5/c1-3-4-10-21-15(19)12-13(2)16(20)22-11-9-17-8-6-5-7-14(17)18/h2-12H2,1H3. The van der Waals surface area contributed by atoms with Crippen molar-refractivity contribution >= 4 is 17.8 Å². The molecule has 0 aromatic heterocycles. The maximum atomic E-state index is 11.7. The zero-order valence-corrected chi connectivity index (χ0v) is 13.3. The lowest BCUT2D eigenvalue weighted by molar-refractivity contribution is -0.147. The smallest absolute Gasteiger partial charge is 0.334 e. The van der Waals surface area contributed by atoms with Gasteiger partial charge in [-0.15, -0.1) is 0 Å². The molecule has 0 aromatic carbocycles. The molecular formula is C16H25NO5. The van der Waals surface area contributed by atoms with E-state index in [2.05, 4.69) is 6.58 Å². The summed E-state index contributed by atoms with van der Waals surface area (Å²) in [6.07, 6.45) is 4.04. The van der Waals surface area contributed by atoms with Gasteiger partial charge in [0.1, 0.15) is 6.61 Å². The minimum Gasteiger partial charge on any atom is -0.465 e. The van der Waals surface area contributed by atoms with Crippen molar-refractivity contribution in [1.82, 2.24) is 4.90 Å². The first-order valence-electron chi connectivity index (χ1n) is 7.83. The average Bonchev–Trinajstić information content (AvgIpc) is 2.49. The second-order valence-electron chi connectivity index (χ2n) is 5.33. The van der Waals surface area contributed by atoms with Gasteiger partial charge >= 0.3 is 11.9 Å². The van der Waals surface area contributed by atoms with Crippen molar-refractivity contribution in [3.8, 4) is 0 Å². The van der Waals surface area contributed by atoms with Crippen LogP contribution in [0, 0.1) is 0 Å². The highest BCUT2D eigenvalue weighted by atomic mass is 16.5. The molecule has 1 aliphatic rings. The zero-order chi connectivity index (χ0) is 16.4. The molecule has 1 amide bonds. The maximum Gasteiger partial charge on any atom is 0.334 e. The van der Waals surface area contributed by atoms with Gasteiger partial charge in [0, 0.05) is 18.5 Å². The van der Waals surface area contributed by atoms with Crippen LogP contribution < -0.4 is 0 Å². The van der Waals surface area contributed by atoms with Crippen molar-refractivity contribution < 1.29 is 23.9 Å². The molecule has 0 saturated carbocycles. The monoisotopic (exact) mass is 311 g/mol. The average molecular weight is 311 g/mol. The molecule has 1 rings (SSSR count). The predicted octanol–water partition coefficient (Wildman–Crippen LogP) is 1.83. The minimum absolute atomic E-state index is 0.0754. The van der Waals surface area contributed by atoms with E-state index < -0.39 is 11.9 Å². The first-order chi connectivity index (χ1) is 10.5. The van der Waals surface area contributed by atoms with Crippen molar-refractivity contribution in [1.29, 1.82) is 0 Å². The summed E-state index contributed by atoms with van der Waals surface area (Å²) in [5, 5.41) is 0. The fourth-order valence-electron chi connectivity index (χ4n) is 2.08. The summed E-state index contributed by atoms with van der Waals surface area (Å²) in [5.74, 6) is -0.987. The van der Waals surface area contributed by atoms with E-state index in [1.165, 1.54) is 0 Å². The van der Waals surface area contributed by atoms with Gasteiger partial charge in [-0.3, -0.25) is 9.59 Å². The van der Waals surface area contributed by atoms with Gasteiger partial charge in [-0.25, -0.2) is 4.79 Å². The molecule has 1 heterocycles. The number of hydrogen-bond acceptors (Lipinski definition) is 5. The molecule has 0 N–H and O–H groups in total. The van der Waals surface area contributed by atoms with Gasteiger partial charge in [0.2, 0.25) is 5.91 Å². The maximum absolute atomic E-state index is 11.7. The first-order valence-corrected chi connectivity index (χ1v) is 7.83. The number of likely N-dealkylation sites (tertiary alicyclic amines) is 1. The van der Waals surface area contributed by atoms with Crippen LogP contribution in [0.3, 0.4) is 0 Å². The van der Waals surface area contributed by atoms with E-state index in [9.17, 15) is 14.4 Å². The summed E-state index contributed by atoms with van der Waals surface area (Å²) in [7, 11) is 0. The molecule has 0 atom stereocenters. The summed E-state index contributed by atoms with van der Waals surface area (Å²) in [5.41, 5.74) is 0.0754. The van der Waals surface area contributed by atoms with Gasteiger partial charge < -0.3 is 14.4 Å². The Morgan fingerprint density at radius 3 is 2.68 bits per heavy atom. The van der Waals surface area contributed by atoms with Crippen LogP contribution in [0.2, 0.25) is 0 Å². The van der Waals surface area contributed by atoms with E-state index in [-0.39, 0.29) is 24.5 Å². The van der Waals surface area contributed by atoms with E-state index in [0.717, 1.165) is 25.7 Å². The largest absolute Gasteiger partial charge is 0.465 e. The number of carbonyl (C=O) groups excluding carboxylic acids is 3. The lowest BCUT2D eigenvalue weighted by atomic mass is 10.1. The van der Waals surface area contributed by atoms with Crippen LogP contribution in [0.4, 0.5) is 0 Å². The Labute approximate surface area is 131 Å². The minimum atomic E-state index is -0.614. The van der Waals surface area contributed by atoms with Crippen LogP contribution >= 0.6 is 0 Å². The van der Waals surface area contributed by atoms with E-state index in [1.807, 2.05) is 6.92 Å². The molecule has 0 unspecified atom stereocenters. The molecule has 0 aromatic rings. The number of nitrogens with zero attached hydrogens (tertiary/aromatic N) is 1. The molecular weight excluding hydrogens is 286 g/mol. The van der Waals surface area contributed by atoms with Crippen LogP contribution in [0.5, 0.6) is 0 Å². The van der Waals surface area contributed by atoms with Gasteiger partial charge in [0.15, 0.2) is 0 Å². The van der Waals surface area contributed by atoms with Gasteiger partial charge in [-0.2, -0.15) is 0 Å². The number of piperidine rings is 1. The van der Waals surface area contributed by atoms with Crippen molar-refractivity contribution in [2.45, 2.75) is 45.4 Å². The van der Waals surface area contributed by atoms with E-state index in [0.29, 0.717) is 26.1 Å². The van der Waals surface area contributed by atoms with E-state index in [4.69, 9.17) is 9.47 Å². The molecule has 1 fully saturated rings. The Morgan fingerprint density at radius 2 is 2.00 bits per heavy atom. The summed E-state index contributed by atoms with van der Waals surface area (Å²) < 4.78 is 10.00. The molecule has 6 nitrogen and oxygen atoms in total. The molecule has 1 aliphatic heterocycles. The fraction of sp³-hybridized carbons (Fsp3) is 0.688. The van der Waals surface area contributed by atoms with Crippen LogP contribution in [0.25, 0.3) is 0 Å². The lowest BCUT2D eigenvalue weighted by Crippen LogP contribution is -2.38. The third-order valence-electron chi connectivity index (χ3n) is 3.42. The van der Waals surface area contributed by atoms with Crippen LogP contribution in [-0.2, 0) is 23.9 Å². The van der Waals surface area contributed by atoms with E-state index in [1.54, 1.807) is 4.90 Å². The van der Waals surface area contributed by atoms with Crippen LogP contribution in [0.15, 0.2) is 12.2 Å². The zero-order valence-electron chi connectivity index (χ0n) is 13.3. The number of unbranched alkanes of at least 4 members (excludes halogenated alkanes) is 1. The number of carbonyl (C=O) groups is 3.